The lowest BCUT2D eigenvalue weighted by molar-refractivity contribution is -0.149. The first-order chi connectivity index (χ1) is 5.97. The second kappa shape index (κ2) is 3.64. The van der Waals surface area contributed by atoms with Crippen LogP contribution in [0.25, 0.3) is 0 Å². The zero-order valence-electron chi connectivity index (χ0n) is 8.54. The number of carbonyl (C=O) groups is 1. The van der Waals surface area contributed by atoms with Crippen molar-refractivity contribution in [1.82, 2.24) is 4.90 Å². The maximum absolute atomic E-state index is 11.8. The smallest absolute Gasteiger partial charge is 0.254 e. The lowest BCUT2D eigenvalue weighted by atomic mass is 10.1. The van der Waals surface area contributed by atoms with Crippen molar-refractivity contribution in [2.75, 3.05) is 20.2 Å². The Bertz CT molecular complexity index is 204. The van der Waals surface area contributed by atoms with Crippen LogP contribution in [0.1, 0.15) is 20.3 Å². The molecule has 1 amide bonds. The molecule has 13 heavy (non-hydrogen) atoms. The van der Waals surface area contributed by atoms with Crippen LogP contribution in [-0.4, -0.2) is 42.6 Å². The number of methoxy groups -OCH3 is 1. The Morgan fingerprint density at radius 1 is 1.62 bits per heavy atom. The third-order valence-electron chi connectivity index (χ3n) is 2.54. The van der Waals surface area contributed by atoms with Gasteiger partial charge in [-0.25, -0.2) is 0 Å². The topological polar surface area (TPSA) is 55.6 Å². The van der Waals surface area contributed by atoms with Crippen molar-refractivity contribution in [3.8, 4) is 0 Å². The minimum Gasteiger partial charge on any atom is -0.369 e. The van der Waals surface area contributed by atoms with Gasteiger partial charge in [-0.15, -0.1) is 0 Å². The summed E-state index contributed by atoms with van der Waals surface area (Å²) in [7, 11) is 1.55. The van der Waals surface area contributed by atoms with Gasteiger partial charge in [-0.05, 0) is 20.3 Å². The molecular formula is C9H18N2O2. The van der Waals surface area contributed by atoms with Crippen LogP contribution in [0.3, 0.4) is 0 Å². The van der Waals surface area contributed by atoms with Gasteiger partial charge in [-0.2, -0.15) is 0 Å². The molecule has 0 unspecified atom stereocenters. The third kappa shape index (κ3) is 2.19. The molecule has 0 aromatic carbocycles. The molecule has 76 valence electrons. The minimum absolute atomic E-state index is 0.0305. The van der Waals surface area contributed by atoms with Gasteiger partial charge < -0.3 is 15.4 Å². The summed E-state index contributed by atoms with van der Waals surface area (Å²) in [6.45, 7) is 4.97. The van der Waals surface area contributed by atoms with E-state index in [1.165, 1.54) is 0 Å². The summed E-state index contributed by atoms with van der Waals surface area (Å²) in [6, 6.07) is 0.136. The third-order valence-corrected chi connectivity index (χ3v) is 2.54. The van der Waals surface area contributed by atoms with Gasteiger partial charge in [0.1, 0.15) is 5.60 Å². The summed E-state index contributed by atoms with van der Waals surface area (Å²) in [5, 5.41) is 0. The van der Waals surface area contributed by atoms with Crippen LogP contribution in [0.5, 0.6) is 0 Å². The molecule has 4 heteroatoms. The second-order valence-electron chi connectivity index (χ2n) is 4.01. The van der Waals surface area contributed by atoms with Crippen molar-refractivity contribution in [2.24, 2.45) is 5.73 Å². The Labute approximate surface area is 79.0 Å². The molecule has 1 heterocycles. The van der Waals surface area contributed by atoms with Gasteiger partial charge in [0.2, 0.25) is 0 Å². The van der Waals surface area contributed by atoms with Crippen molar-refractivity contribution in [3.05, 3.63) is 0 Å². The maximum Gasteiger partial charge on any atom is 0.254 e. The standard InChI is InChI=1S/C9H18N2O2/c1-9(2,13-3)8(12)11-5-4-7(10)6-11/h7H,4-6,10H2,1-3H3/t7-/m1/s1. The number of amides is 1. The molecule has 1 saturated heterocycles. The number of rotatable bonds is 2. The van der Waals surface area contributed by atoms with E-state index in [0.717, 1.165) is 13.0 Å². The molecule has 4 nitrogen and oxygen atoms in total. The molecule has 0 saturated carbocycles. The van der Waals surface area contributed by atoms with E-state index in [0.29, 0.717) is 6.54 Å². The Kier molecular flexibility index (Phi) is 2.93. The van der Waals surface area contributed by atoms with Crippen LogP contribution in [0.4, 0.5) is 0 Å². The SMILES string of the molecule is COC(C)(C)C(=O)N1CC[C@@H](N)C1. The Balaban J connectivity index is 2.58. The molecule has 1 atom stereocenters. The normalized spacial score (nSPS) is 23.7. The summed E-state index contributed by atoms with van der Waals surface area (Å²) < 4.78 is 5.12. The van der Waals surface area contributed by atoms with Crippen molar-refractivity contribution < 1.29 is 9.53 Å². The number of likely N-dealkylation sites (tertiary alicyclic amines) is 1. The molecular weight excluding hydrogens is 168 g/mol. The molecule has 0 bridgehead atoms. The van der Waals surface area contributed by atoms with E-state index in [9.17, 15) is 4.79 Å². The highest BCUT2D eigenvalue weighted by Crippen LogP contribution is 2.16. The molecule has 2 N–H and O–H groups in total. The van der Waals surface area contributed by atoms with Crippen LogP contribution < -0.4 is 5.73 Å². The monoisotopic (exact) mass is 186 g/mol. The second-order valence-corrected chi connectivity index (χ2v) is 4.01. The summed E-state index contributed by atoms with van der Waals surface area (Å²) >= 11 is 0. The molecule has 1 rings (SSSR count). The Morgan fingerprint density at radius 2 is 2.23 bits per heavy atom. The largest absolute Gasteiger partial charge is 0.369 e. The fourth-order valence-corrected chi connectivity index (χ4v) is 1.44. The van der Waals surface area contributed by atoms with Crippen LogP contribution in [-0.2, 0) is 9.53 Å². The van der Waals surface area contributed by atoms with Crippen molar-refractivity contribution in [3.63, 3.8) is 0 Å². The molecule has 0 radical (unpaired) electrons. The summed E-state index contributed by atoms with van der Waals surface area (Å²) in [6.07, 6.45) is 0.894. The van der Waals surface area contributed by atoms with Crippen molar-refractivity contribution in [1.29, 1.82) is 0 Å². The number of hydrogen-bond donors (Lipinski definition) is 1. The number of hydrogen-bond acceptors (Lipinski definition) is 3. The van der Waals surface area contributed by atoms with Gasteiger partial charge in [-0.1, -0.05) is 0 Å². The quantitative estimate of drug-likeness (QED) is 0.659. The lowest BCUT2D eigenvalue weighted by Crippen LogP contribution is -2.46. The molecule has 0 aliphatic carbocycles. The highest BCUT2D eigenvalue weighted by Gasteiger charge is 2.34. The zero-order chi connectivity index (χ0) is 10.1. The average molecular weight is 186 g/mol. The number of nitrogens with zero attached hydrogens (tertiary/aromatic N) is 1. The van der Waals surface area contributed by atoms with E-state index in [2.05, 4.69) is 0 Å². The van der Waals surface area contributed by atoms with Crippen LogP contribution in [0, 0.1) is 0 Å². The van der Waals surface area contributed by atoms with E-state index in [4.69, 9.17) is 10.5 Å². The fourth-order valence-electron chi connectivity index (χ4n) is 1.44. The average Bonchev–Trinajstić information content (AvgIpc) is 2.50. The summed E-state index contributed by atoms with van der Waals surface area (Å²) in [5.41, 5.74) is 4.99. The van der Waals surface area contributed by atoms with Crippen LogP contribution >= 0.6 is 0 Å². The van der Waals surface area contributed by atoms with E-state index in [-0.39, 0.29) is 11.9 Å². The lowest BCUT2D eigenvalue weighted by Gasteiger charge is -2.27. The van der Waals surface area contributed by atoms with E-state index >= 15 is 0 Å². The predicted molar refractivity (Wildman–Crippen MR) is 50.3 cm³/mol. The first-order valence-electron chi connectivity index (χ1n) is 4.57. The highest BCUT2D eigenvalue weighted by molar-refractivity contribution is 5.84. The van der Waals surface area contributed by atoms with Gasteiger partial charge in [0, 0.05) is 26.2 Å². The first-order valence-corrected chi connectivity index (χ1v) is 4.57. The van der Waals surface area contributed by atoms with Crippen LogP contribution in [0.2, 0.25) is 0 Å². The van der Waals surface area contributed by atoms with Gasteiger partial charge in [0.05, 0.1) is 0 Å². The molecule has 0 aromatic rings. The molecule has 0 spiro atoms. The first kappa shape index (κ1) is 10.5. The number of ether oxygens (including phenoxy) is 1. The number of nitrogens with two attached hydrogens (primary N) is 1. The van der Waals surface area contributed by atoms with Gasteiger partial charge in [0.15, 0.2) is 0 Å². The van der Waals surface area contributed by atoms with Gasteiger partial charge in [0.25, 0.3) is 5.91 Å². The van der Waals surface area contributed by atoms with E-state index in [1.807, 2.05) is 0 Å². The molecule has 1 aliphatic rings. The van der Waals surface area contributed by atoms with E-state index in [1.54, 1.807) is 25.9 Å². The minimum atomic E-state index is -0.718. The van der Waals surface area contributed by atoms with Gasteiger partial charge in [-0.3, -0.25) is 4.79 Å². The summed E-state index contributed by atoms with van der Waals surface area (Å²) in [5.74, 6) is 0.0305. The summed E-state index contributed by atoms with van der Waals surface area (Å²) in [4.78, 5) is 13.6. The maximum atomic E-state index is 11.8. The van der Waals surface area contributed by atoms with Crippen molar-refractivity contribution >= 4 is 5.91 Å². The van der Waals surface area contributed by atoms with E-state index < -0.39 is 5.60 Å². The Morgan fingerprint density at radius 3 is 2.62 bits per heavy atom. The number of carbonyl (C=O) groups excluding carboxylic acids is 1. The highest BCUT2D eigenvalue weighted by atomic mass is 16.5. The van der Waals surface area contributed by atoms with Crippen LogP contribution in [0.15, 0.2) is 0 Å². The fraction of sp³-hybridized carbons (Fsp3) is 0.889. The van der Waals surface area contributed by atoms with Crippen molar-refractivity contribution in [2.45, 2.75) is 31.9 Å². The molecule has 1 aliphatic heterocycles. The Hall–Kier alpha value is -0.610. The van der Waals surface area contributed by atoms with Gasteiger partial charge >= 0.3 is 0 Å². The zero-order valence-corrected chi connectivity index (χ0v) is 8.54. The molecule has 0 aromatic heterocycles. The molecule has 1 fully saturated rings. The predicted octanol–water partition coefficient (Wildman–Crippen LogP) is -0.0290.